The molecule has 2 unspecified atom stereocenters. The van der Waals surface area contributed by atoms with Gasteiger partial charge < -0.3 is 4.52 Å². The van der Waals surface area contributed by atoms with Gasteiger partial charge >= 0.3 is 0 Å². The lowest BCUT2D eigenvalue weighted by molar-refractivity contribution is 0.129. The molecule has 1 aromatic carbocycles. The zero-order valence-electron chi connectivity index (χ0n) is 14.0. The summed E-state index contributed by atoms with van der Waals surface area (Å²) in [5.41, 5.74) is 1.04. The van der Waals surface area contributed by atoms with Crippen LogP contribution in [0.4, 0.5) is 22.0 Å². The molecule has 0 N–H and O–H groups in total. The van der Waals surface area contributed by atoms with Gasteiger partial charge in [-0.3, -0.25) is 0 Å². The highest BCUT2D eigenvalue weighted by Gasteiger charge is 2.53. The summed E-state index contributed by atoms with van der Waals surface area (Å²) in [6.45, 7) is 7.88. The summed E-state index contributed by atoms with van der Waals surface area (Å²) in [6, 6.07) is 0. The molecule has 3 rings (SSSR count). The van der Waals surface area contributed by atoms with Crippen LogP contribution in [0.1, 0.15) is 33.1 Å². The van der Waals surface area contributed by atoms with Crippen molar-refractivity contribution in [1.82, 2.24) is 0 Å². The standard InChI is InChI=1S/C16H16F5OPS3/c1-7(2)8-4-5-16(3)9(6-8)22-23(24,26-16)25-15-13(20)11(18)10(17)12(19)14(15)21/h8-9H,1,4-6H2,2-3H3/t8?,9?,16-,23+/m0/s1. The number of rotatable bonds is 3. The zero-order valence-corrected chi connectivity index (χ0v) is 17.3. The second kappa shape index (κ2) is 7.07. The quantitative estimate of drug-likeness (QED) is 0.163. The van der Waals surface area contributed by atoms with Crippen molar-refractivity contribution < 1.29 is 26.5 Å². The highest BCUT2D eigenvalue weighted by atomic mass is 33.2. The van der Waals surface area contributed by atoms with E-state index in [-0.39, 0.29) is 16.8 Å². The maximum absolute atomic E-state index is 14.0. The Morgan fingerprint density at radius 2 is 1.73 bits per heavy atom. The predicted octanol–water partition coefficient (Wildman–Crippen LogP) is 6.97. The first-order chi connectivity index (χ1) is 12.0. The Labute approximate surface area is 161 Å². The molecule has 1 aromatic rings. The van der Waals surface area contributed by atoms with Crippen LogP contribution in [-0.2, 0) is 16.3 Å². The highest BCUT2D eigenvalue weighted by Crippen LogP contribution is 2.82. The average Bonchev–Trinajstić information content (AvgIpc) is 2.84. The van der Waals surface area contributed by atoms with Crippen molar-refractivity contribution in [2.75, 3.05) is 0 Å². The molecule has 4 atom stereocenters. The number of allylic oxidation sites excluding steroid dienone is 1. The zero-order chi connectivity index (χ0) is 19.4. The van der Waals surface area contributed by atoms with Crippen molar-refractivity contribution in [2.45, 2.75) is 48.9 Å². The summed E-state index contributed by atoms with van der Waals surface area (Å²) in [5, 5.41) is 0. The second-order valence-corrected chi connectivity index (χ2v) is 17.4. The molecule has 1 aliphatic heterocycles. The Morgan fingerprint density at radius 3 is 2.27 bits per heavy atom. The third-order valence-corrected chi connectivity index (χ3v) is 13.8. The van der Waals surface area contributed by atoms with Gasteiger partial charge in [0.15, 0.2) is 27.9 Å². The summed E-state index contributed by atoms with van der Waals surface area (Å²) in [5.74, 6) is -9.56. The fraction of sp³-hybridized carbons (Fsp3) is 0.500. The van der Waals surface area contributed by atoms with E-state index in [1.54, 1.807) is 0 Å². The molecule has 1 nitrogen and oxygen atoms in total. The van der Waals surface area contributed by atoms with E-state index in [1.165, 1.54) is 11.4 Å². The number of hydrogen-bond donors (Lipinski definition) is 0. The lowest BCUT2D eigenvalue weighted by atomic mass is 9.77. The molecule has 0 aromatic heterocycles. The lowest BCUT2D eigenvalue weighted by Crippen LogP contribution is -2.39. The van der Waals surface area contributed by atoms with E-state index in [0.29, 0.717) is 17.8 Å². The smallest absolute Gasteiger partial charge is 0.200 e. The van der Waals surface area contributed by atoms with E-state index in [2.05, 4.69) is 6.58 Å². The van der Waals surface area contributed by atoms with E-state index in [9.17, 15) is 22.0 Å². The van der Waals surface area contributed by atoms with E-state index < -0.39 is 38.7 Å². The van der Waals surface area contributed by atoms with Gasteiger partial charge in [-0.05, 0) is 62.2 Å². The first-order valence-corrected chi connectivity index (χ1v) is 13.4. The minimum atomic E-state index is -2.93. The average molecular weight is 446 g/mol. The summed E-state index contributed by atoms with van der Waals surface area (Å²) in [4.78, 5) is -0.962. The lowest BCUT2D eigenvalue weighted by Gasteiger charge is -2.37. The largest absolute Gasteiger partial charge is 0.329 e. The minimum absolute atomic E-state index is 0.234. The highest BCUT2D eigenvalue weighted by molar-refractivity contribution is 8.99. The van der Waals surface area contributed by atoms with E-state index >= 15 is 0 Å². The molecule has 1 saturated heterocycles. The molecule has 0 amide bonds. The van der Waals surface area contributed by atoms with Gasteiger partial charge in [0.2, 0.25) is 5.82 Å². The van der Waals surface area contributed by atoms with Gasteiger partial charge in [0.1, 0.15) is 0 Å². The van der Waals surface area contributed by atoms with E-state index in [0.717, 1.165) is 18.4 Å². The van der Waals surface area contributed by atoms with Gasteiger partial charge in [-0.15, -0.1) is 0 Å². The molecule has 2 fully saturated rings. The van der Waals surface area contributed by atoms with Crippen LogP contribution in [0.5, 0.6) is 0 Å². The topological polar surface area (TPSA) is 9.23 Å². The fourth-order valence-electron chi connectivity index (χ4n) is 3.20. The van der Waals surface area contributed by atoms with Crippen LogP contribution in [0.25, 0.3) is 0 Å². The van der Waals surface area contributed by atoms with Crippen molar-refractivity contribution in [3.8, 4) is 0 Å². The molecule has 0 spiro atoms. The van der Waals surface area contributed by atoms with Crippen molar-refractivity contribution in [3.63, 3.8) is 0 Å². The molecule has 0 radical (unpaired) electrons. The number of fused-ring (bicyclic) bond motifs is 1. The van der Waals surface area contributed by atoms with Crippen LogP contribution in [0.3, 0.4) is 0 Å². The third kappa shape index (κ3) is 3.50. The molecular weight excluding hydrogens is 430 g/mol. The maximum atomic E-state index is 14.0. The van der Waals surface area contributed by atoms with Crippen molar-refractivity contribution >= 4 is 39.2 Å². The van der Waals surface area contributed by atoms with Crippen LogP contribution in [0, 0.1) is 35.0 Å². The van der Waals surface area contributed by atoms with Crippen LogP contribution in [0.15, 0.2) is 17.0 Å². The molecular formula is C16H16F5OPS3. The molecule has 26 heavy (non-hydrogen) atoms. The monoisotopic (exact) mass is 446 g/mol. The van der Waals surface area contributed by atoms with Gasteiger partial charge in [0.25, 0.3) is 0 Å². The maximum Gasteiger partial charge on any atom is 0.200 e. The van der Waals surface area contributed by atoms with Gasteiger partial charge in [-0.25, -0.2) is 22.0 Å². The Balaban J connectivity index is 1.91. The number of halogens is 5. The van der Waals surface area contributed by atoms with Gasteiger partial charge in [-0.1, -0.05) is 23.5 Å². The first kappa shape index (κ1) is 20.6. The Morgan fingerprint density at radius 1 is 1.19 bits per heavy atom. The van der Waals surface area contributed by atoms with E-state index in [4.69, 9.17) is 16.3 Å². The van der Waals surface area contributed by atoms with Crippen molar-refractivity contribution in [1.29, 1.82) is 0 Å². The third-order valence-electron chi connectivity index (χ3n) is 4.82. The molecule has 10 heteroatoms. The first-order valence-electron chi connectivity index (χ1n) is 7.83. The number of hydrogen-bond acceptors (Lipinski definition) is 4. The summed E-state index contributed by atoms with van der Waals surface area (Å²) in [6.07, 6.45) is 2.15. The summed E-state index contributed by atoms with van der Waals surface area (Å²) >= 11 is 7.27. The van der Waals surface area contributed by atoms with Gasteiger partial charge in [0, 0.05) is 4.75 Å². The second-order valence-electron chi connectivity index (χ2n) is 6.75. The molecule has 2 aliphatic rings. The Bertz CT molecular complexity index is 804. The van der Waals surface area contributed by atoms with E-state index in [1.807, 2.05) is 13.8 Å². The van der Waals surface area contributed by atoms with Crippen molar-refractivity contribution in [3.05, 3.63) is 41.2 Å². The SMILES string of the molecule is C=C(C)C1CC[C@]2(C)S[P@](=S)(Sc3c(F)c(F)c(F)c(F)c3F)OC2C1. The Hall–Kier alpha value is -0.0800. The normalized spacial score (nSPS) is 34.0. The molecule has 1 saturated carbocycles. The molecule has 144 valence electrons. The summed E-state index contributed by atoms with van der Waals surface area (Å²) < 4.78 is 70.9. The van der Waals surface area contributed by atoms with Crippen LogP contribution in [-0.4, -0.2) is 10.9 Å². The molecule has 1 aliphatic carbocycles. The molecule has 1 heterocycles. The minimum Gasteiger partial charge on any atom is -0.329 e. The number of benzene rings is 1. The van der Waals surface area contributed by atoms with Crippen LogP contribution < -0.4 is 0 Å². The van der Waals surface area contributed by atoms with Gasteiger partial charge in [-0.2, -0.15) is 0 Å². The van der Waals surface area contributed by atoms with Crippen LogP contribution >= 0.6 is 27.4 Å². The summed E-state index contributed by atoms with van der Waals surface area (Å²) in [7, 11) is 0. The Kier molecular flexibility index (Phi) is 5.61. The fourth-order valence-corrected chi connectivity index (χ4v) is 14.9. The van der Waals surface area contributed by atoms with Gasteiger partial charge in [0.05, 0.1) is 11.0 Å². The molecule has 0 bridgehead atoms. The van der Waals surface area contributed by atoms with Crippen molar-refractivity contribution in [2.24, 2.45) is 5.92 Å². The van der Waals surface area contributed by atoms with Crippen LogP contribution in [0.2, 0.25) is 0 Å². The predicted molar refractivity (Wildman–Crippen MR) is 99.4 cm³/mol.